The molecule has 0 unspecified atom stereocenters. The summed E-state index contributed by atoms with van der Waals surface area (Å²) in [5, 5.41) is 12.0. The highest BCUT2D eigenvalue weighted by atomic mass is 16.5. The number of benzene rings is 1. The molecule has 0 saturated heterocycles. The van der Waals surface area contributed by atoms with Crippen molar-refractivity contribution in [2.45, 2.75) is 25.0 Å². The molecule has 1 aromatic heterocycles. The van der Waals surface area contributed by atoms with Crippen LogP contribution in [0.1, 0.15) is 18.9 Å². The van der Waals surface area contributed by atoms with Crippen molar-refractivity contribution in [1.29, 1.82) is 0 Å². The van der Waals surface area contributed by atoms with Gasteiger partial charge >= 0.3 is 0 Å². The number of hydrogen-bond acceptors (Lipinski definition) is 6. The Hall–Kier alpha value is -2.15. The molecular weight excluding hydrogens is 258 g/mol. The van der Waals surface area contributed by atoms with Crippen LogP contribution in [0.5, 0.6) is 5.75 Å². The lowest BCUT2D eigenvalue weighted by Crippen LogP contribution is -2.33. The van der Waals surface area contributed by atoms with Crippen molar-refractivity contribution in [1.82, 2.24) is 20.2 Å². The van der Waals surface area contributed by atoms with Gasteiger partial charge in [0.1, 0.15) is 5.75 Å². The van der Waals surface area contributed by atoms with E-state index in [-0.39, 0.29) is 6.04 Å². The molecule has 0 amide bonds. The second-order valence-corrected chi connectivity index (χ2v) is 4.92. The third-order valence-corrected chi connectivity index (χ3v) is 3.66. The molecule has 2 aromatic rings. The van der Waals surface area contributed by atoms with E-state index < -0.39 is 0 Å². The van der Waals surface area contributed by atoms with Gasteiger partial charge in [0.05, 0.1) is 19.3 Å². The fourth-order valence-electron chi connectivity index (χ4n) is 2.43. The number of aromatic nitrogens is 4. The average molecular weight is 275 g/mol. The molecule has 0 radical (unpaired) electrons. The van der Waals surface area contributed by atoms with Gasteiger partial charge in [-0.2, -0.15) is 0 Å². The van der Waals surface area contributed by atoms with Gasteiger partial charge in [-0.15, -0.1) is 5.10 Å². The minimum absolute atomic E-state index is 0.275. The van der Waals surface area contributed by atoms with E-state index in [1.165, 1.54) is 0 Å². The maximum absolute atomic E-state index is 5.88. The zero-order valence-corrected chi connectivity index (χ0v) is 11.5. The van der Waals surface area contributed by atoms with Gasteiger partial charge < -0.3 is 15.2 Å². The SMILES string of the molecule is COc1cc(N)cc(-c2nnnn2C2CC(OC)C2)c1. The molecule has 2 N–H and O–H groups in total. The van der Waals surface area contributed by atoms with Gasteiger partial charge in [-0.25, -0.2) is 4.68 Å². The van der Waals surface area contributed by atoms with Gasteiger partial charge in [-0.1, -0.05) is 0 Å². The first-order valence-corrected chi connectivity index (χ1v) is 6.47. The van der Waals surface area contributed by atoms with Crippen LogP contribution in [0.15, 0.2) is 18.2 Å². The maximum atomic E-state index is 5.88. The summed E-state index contributed by atoms with van der Waals surface area (Å²) < 4.78 is 12.4. The number of rotatable bonds is 4. The zero-order valence-electron chi connectivity index (χ0n) is 11.5. The van der Waals surface area contributed by atoms with Crippen molar-refractivity contribution in [3.63, 3.8) is 0 Å². The quantitative estimate of drug-likeness (QED) is 0.846. The minimum atomic E-state index is 0.275. The summed E-state index contributed by atoms with van der Waals surface area (Å²) in [5.74, 6) is 1.40. The van der Waals surface area contributed by atoms with E-state index in [9.17, 15) is 0 Å². The molecule has 7 heteroatoms. The molecule has 7 nitrogen and oxygen atoms in total. The lowest BCUT2D eigenvalue weighted by atomic mass is 9.89. The highest BCUT2D eigenvalue weighted by Crippen LogP contribution is 2.36. The Morgan fingerprint density at radius 1 is 1.25 bits per heavy atom. The van der Waals surface area contributed by atoms with Crippen LogP contribution < -0.4 is 10.5 Å². The van der Waals surface area contributed by atoms with Crippen molar-refractivity contribution < 1.29 is 9.47 Å². The summed E-state index contributed by atoms with van der Waals surface area (Å²) in [4.78, 5) is 0. The summed E-state index contributed by atoms with van der Waals surface area (Å²) in [6.45, 7) is 0. The van der Waals surface area contributed by atoms with Crippen LogP contribution >= 0.6 is 0 Å². The second-order valence-electron chi connectivity index (χ2n) is 4.92. The van der Waals surface area contributed by atoms with Gasteiger partial charge in [0.15, 0.2) is 5.82 Å². The number of ether oxygens (including phenoxy) is 2. The summed E-state index contributed by atoms with van der Waals surface area (Å²) in [7, 11) is 3.33. The predicted molar refractivity (Wildman–Crippen MR) is 73.3 cm³/mol. The Balaban J connectivity index is 1.92. The van der Waals surface area contributed by atoms with Gasteiger partial charge in [-0.05, 0) is 35.4 Å². The minimum Gasteiger partial charge on any atom is -0.497 e. The number of tetrazole rings is 1. The molecule has 1 heterocycles. The highest BCUT2D eigenvalue weighted by molar-refractivity contribution is 5.64. The molecule has 106 valence electrons. The topological polar surface area (TPSA) is 88.1 Å². The van der Waals surface area contributed by atoms with E-state index in [2.05, 4.69) is 15.5 Å². The van der Waals surface area contributed by atoms with E-state index in [1.54, 1.807) is 20.3 Å². The molecule has 0 spiro atoms. The van der Waals surface area contributed by atoms with E-state index in [0.29, 0.717) is 23.4 Å². The first kappa shape index (κ1) is 12.9. The Kier molecular flexibility index (Phi) is 3.27. The van der Waals surface area contributed by atoms with E-state index in [4.69, 9.17) is 15.2 Å². The molecule has 0 atom stereocenters. The highest BCUT2D eigenvalue weighted by Gasteiger charge is 2.33. The Morgan fingerprint density at radius 3 is 2.75 bits per heavy atom. The number of anilines is 1. The fourth-order valence-corrected chi connectivity index (χ4v) is 2.43. The van der Waals surface area contributed by atoms with Crippen LogP contribution in [0.2, 0.25) is 0 Å². The van der Waals surface area contributed by atoms with Gasteiger partial charge in [0.25, 0.3) is 0 Å². The molecule has 1 aliphatic rings. The molecule has 1 fully saturated rings. The normalized spacial score (nSPS) is 21.5. The average Bonchev–Trinajstić information content (AvgIpc) is 2.86. The Labute approximate surface area is 116 Å². The first-order valence-electron chi connectivity index (χ1n) is 6.47. The number of nitrogens with two attached hydrogens (primary N) is 1. The standard InChI is InChI=1S/C13H17N5O2/c1-19-11-4-8(3-9(14)5-11)13-15-16-17-18(13)10-6-12(7-10)20-2/h3-5,10,12H,6-7,14H2,1-2H3. The van der Waals surface area contributed by atoms with Crippen molar-refractivity contribution in [3.8, 4) is 17.1 Å². The van der Waals surface area contributed by atoms with Gasteiger partial charge in [0.2, 0.25) is 0 Å². The number of nitrogen functional groups attached to an aromatic ring is 1. The lowest BCUT2D eigenvalue weighted by molar-refractivity contribution is 0.00248. The van der Waals surface area contributed by atoms with Crippen molar-refractivity contribution in [2.75, 3.05) is 20.0 Å². The van der Waals surface area contributed by atoms with Crippen LogP contribution in [0.3, 0.4) is 0 Å². The van der Waals surface area contributed by atoms with Gasteiger partial charge in [0, 0.05) is 24.4 Å². The molecule has 1 aliphatic carbocycles. The number of methoxy groups -OCH3 is 2. The molecule has 20 heavy (non-hydrogen) atoms. The fraction of sp³-hybridized carbons (Fsp3) is 0.462. The van der Waals surface area contributed by atoms with E-state index in [0.717, 1.165) is 18.4 Å². The smallest absolute Gasteiger partial charge is 0.182 e. The van der Waals surface area contributed by atoms with Crippen LogP contribution in [-0.2, 0) is 4.74 Å². The summed E-state index contributed by atoms with van der Waals surface area (Å²) >= 11 is 0. The third kappa shape index (κ3) is 2.20. The van der Waals surface area contributed by atoms with Crippen LogP contribution in [0.4, 0.5) is 5.69 Å². The largest absolute Gasteiger partial charge is 0.497 e. The molecule has 0 aliphatic heterocycles. The molecule has 3 rings (SSSR count). The summed E-state index contributed by atoms with van der Waals surface area (Å²) in [6, 6.07) is 5.77. The van der Waals surface area contributed by atoms with E-state index >= 15 is 0 Å². The predicted octanol–water partition coefficient (Wildman–Crippen LogP) is 1.28. The van der Waals surface area contributed by atoms with Crippen LogP contribution in [-0.4, -0.2) is 40.5 Å². The summed E-state index contributed by atoms with van der Waals surface area (Å²) in [5.41, 5.74) is 7.36. The van der Waals surface area contributed by atoms with Crippen molar-refractivity contribution in [3.05, 3.63) is 18.2 Å². The monoisotopic (exact) mass is 275 g/mol. The summed E-state index contributed by atoms with van der Waals surface area (Å²) in [6.07, 6.45) is 2.15. The number of nitrogens with zero attached hydrogens (tertiary/aromatic N) is 4. The van der Waals surface area contributed by atoms with Crippen LogP contribution in [0.25, 0.3) is 11.4 Å². The Morgan fingerprint density at radius 2 is 2.05 bits per heavy atom. The van der Waals surface area contributed by atoms with Crippen LogP contribution in [0, 0.1) is 0 Å². The zero-order chi connectivity index (χ0) is 14.1. The first-order chi connectivity index (χ1) is 9.71. The molecular formula is C13H17N5O2. The Bertz CT molecular complexity index is 607. The third-order valence-electron chi connectivity index (χ3n) is 3.66. The number of hydrogen-bond donors (Lipinski definition) is 1. The lowest BCUT2D eigenvalue weighted by Gasteiger charge is -2.34. The van der Waals surface area contributed by atoms with Crippen molar-refractivity contribution in [2.24, 2.45) is 0 Å². The molecule has 0 bridgehead atoms. The maximum Gasteiger partial charge on any atom is 0.182 e. The molecule has 1 aromatic carbocycles. The second kappa shape index (κ2) is 5.09. The van der Waals surface area contributed by atoms with E-state index in [1.807, 2.05) is 16.8 Å². The van der Waals surface area contributed by atoms with Crippen molar-refractivity contribution >= 4 is 5.69 Å². The van der Waals surface area contributed by atoms with Gasteiger partial charge in [-0.3, -0.25) is 0 Å². The molecule has 1 saturated carbocycles.